The molecule has 2 aromatic heterocycles. The molecular formula is C16H17N5OS2. The topological polar surface area (TPSA) is 72.7 Å². The van der Waals surface area contributed by atoms with Crippen LogP contribution in [-0.4, -0.2) is 31.9 Å². The van der Waals surface area contributed by atoms with E-state index in [0.717, 1.165) is 16.1 Å². The summed E-state index contributed by atoms with van der Waals surface area (Å²) in [6.45, 7) is 3.99. The van der Waals surface area contributed by atoms with Gasteiger partial charge in [-0.25, -0.2) is 0 Å². The molecular weight excluding hydrogens is 342 g/mol. The normalized spacial score (nSPS) is 12.1. The molecule has 3 rings (SSSR count). The average molecular weight is 359 g/mol. The van der Waals surface area contributed by atoms with Crippen LogP contribution in [0.15, 0.2) is 46.9 Å². The van der Waals surface area contributed by atoms with Crippen molar-refractivity contribution in [2.24, 2.45) is 0 Å². The number of thioether (sulfide) groups is 1. The van der Waals surface area contributed by atoms with Gasteiger partial charge < -0.3 is 5.32 Å². The van der Waals surface area contributed by atoms with Crippen molar-refractivity contribution < 1.29 is 4.79 Å². The second-order valence-electron chi connectivity index (χ2n) is 5.31. The van der Waals surface area contributed by atoms with Gasteiger partial charge in [0.2, 0.25) is 11.1 Å². The quantitative estimate of drug-likeness (QED) is 0.685. The number of hydrogen-bond donors (Lipinski definition) is 1. The third-order valence-corrected chi connectivity index (χ3v) is 5.34. The summed E-state index contributed by atoms with van der Waals surface area (Å²) in [4.78, 5) is 13.3. The highest BCUT2D eigenvalue weighted by atomic mass is 32.2. The molecule has 1 aromatic carbocycles. The monoisotopic (exact) mass is 359 g/mol. The summed E-state index contributed by atoms with van der Waals surface area (Å²) in [6, 6.07) is 11.9. The molecule has 124 valence electrons. The molecule has 0 bridgehead atoms. The maximum absolute atomic E-state index is 12.1. The number of nitrogens with one attached hydrogen (secondary N) is 1. The van der Waals surface area contributed by atoms with Crippen LogP contribution in [0.3, 0.4) is 0 Å². The number of nitrogens with zero attached hydrogens (tertiary/aromatic N) is 4. The van der Waals surface area contributed by atoms with Gasteiger partial charge in [-0.15, -0.1) is 16.4 Å². The Kier molecular flexibility index (Phi) is 5.27. The fourth-order valence-corrected chi connectivity index (χ4v) is 3.65. The molecule has 0 aliphatic heterocycles. The van der Waals surface area contributed by atoms with Gasteiger partial charge >= 0.3 is 0 Å². The Hall–Kier alpha value is -2.19. The molecule has 1 N–H and O–H groups in total. The van der Waals surface area contributed by atoms with Crippen molar-refractivity contribution in [2.45, 2.75) is 25.0 Å². The number of tetrazole rings is 1. The Morgan fingerprint density at radius 3 is 3.00 bits per heavy atom. The first-order chi connectivity index (χ1) is 11.6. The van der Waals surface area contributed by atoms with Crippen molar-refractivity contribution in [1.82, 2.24) is 25.5 Å². The lowest BCUT2D eigenvalue weighted by Gasteiger charge is -2.11. The average Bonchev–Trinajstić information content (AvgIpc) is 3.24. The number of benzene rings is 1. The first-order valence-electron chi connectivity index (χ1n) is 7.44. The maximum atomic E-state index is 12.1. The van der Waals surface area contributed by atoms with Gasteiger partial charge in [-0.1, -0.05) is 30.0 Å². The van der Waals surface area contributed by atoms with E-state index < -0.39 is 0 Å². The number of rotatable bonds is 6. The van der Waals surface area contributed by atoms with Crippen LogP contribution in [0.2, 0.25) is 0 Å². The molecule has 0 saturated heterocycles. The zero-order chi connectivity index (χ0) is 16.9. The second kappa shape index (κ2) is 7.59. The summed E-state index contributed by atoms with van der Waals surface area (Å²) in [7, 11) is 0. The fraction of sp³-hybridized carbons (Fsp3) is 0.250. The number of aromatic nitrogens is 4. The van der Waals surface area contributed by atoms with Gasteiger partial charge in [0.1, 0.15) is 0 Å². The lowest BCUT2D eigenvalue weighted by molar-refractivity contribution is -0.119. The largest absolute Gasteiger partial charge is 0.348 e. The Bertz CT molecular complexity index is 816. The van der Waals surface area contributed by atoms with Gasteiger partial charge in [0, 0.05) is 4.88 Å². The van der Waals surface area contributed by atoms with Crippen LogP contribution < -0.4 is 5.32 Å². The third kappa shape index (κ3) is 4.01. The van der Waals surface area contributed by atoms with E-state index in [4.69, 9.17) is 0 Å². The van der Waals surface area contributed by atoms with Gasteiger partial charge in [0.05, 0.1) is 17.5 Å². The summed E-state index contributed by atoms with van der Waals surface area (Å²) in [5.41, 5.74) is 2.01. The molecule has 24 heavy (non-hydrogen) atoms. The summed E-state index contributed by atoms with van der Waals surface area (Å²) in [6.07, 6.45) is 0. The maximum Gasteiger partial charge on any atom is 0.230 e. The minimum Gasteiger partial charge on any atom is -0.348 e. The highest BCUT2D eigenvalue weighted by Crippen LogP contribution is 2.20. The lowest BCUT2D eigenvalue weighted by atomic mass is 10.2. The van der Waals surface area contributed by atoms with Gasteiger partial charge in [-0.05, 0) is 53.4 Å². The Morgan fingerprint density at radius 2 is 2.25 bits per heavy atom. The van der Waals surface area contributed by atoms with Crippen molar-refractivity contribution in [3.05, 3.63) is 52.2 Å². The highest BCUT2D eigenvalue weighted by Gasteiger charge is 2.14. The number of aryl methyl sites for hydroxylation is 1. The van der Waals surface area contributed by atoms with Gasteiger partial charge in [0.25, 0.3) is 0 Å². The minimum absolute atomic E-state index is 0.00543. The minimum atomic E-state index is -0.0420. The van der Waals surface area contributed by atoms with Crippen LogP contribution in [0, 0.1) is 6.92 Å². The van der Waals surface area contributed by atoms with E-state index in [1.54, 1.807) is 16.0 Å². The number of carbonyl (C=O) groups excluding carboxylic acids is 1. The molecule has 0 unspecified atom stereocenters. The molecule has 1 atom stereocenters. The molecule has 0 fully saturated rings. The molecule has 3 aromatic rings. The second-order valence-corrected chi connectivity index (χ2v) is 7.23. The van der Waals surface area contributed by atoms with Crippen molar-refractivity contribution in [2.75, 3.05) is 5.75 Å². The van der Waals surface area contributed by atoms with Crippen LogP contribution in [0.25, 0.3) is 5.69 Å². The molecule has 0 saturated carbocycles. The Balaban J connectivity index is 1.61. The van der Waals surface area contributed by atoms with E-state index in [-0.39, 0.29) is 17.7 Å². The van der Waals surface area contributed by atoms with Gasteiger partial charge in [-0.2, -0.15) is 4.68 Å². The number of amides is 1. The molecule has 0 aliphatic carbocycles. The lowest BCUT2D eigenvalue weighted by Crippen LogP contribution is -2.27. The van der Waals surface area contributed by atoms with Gasteiger partial charge in [0.15, 0.2) is 0 Å². The molecule has 0 radical (unpaired) electrons. The van der Waals surface area contributed by atoms with E-state index in [1.165, 1.54) is 11.8 Å². The Morgan fingerprint density at radius 1 is 1.38 bits per heavy atom. The van der Waals surface area contributed by atoms with Crippen molar-refractivity contribution in [3.8, 4) is 5.69 Å². The van der Waals surface area contributed by atoms with Crippen LogP contribution >= 0.6 is 23.1 Å². The zero-order valence-electron chi connectivity index (χ0n) is 13.3. The SMILES string of the molecule is Cc1cccc(-n2nnnc2SCC(=O)N[C@H](C)c2cccs2)c1. The Labute approximate surface area is 148 Å². The fourth-order valence-electron chi connectivity index (χ4n) is 2.21. The summed E-state index contributed by atoms with van der Waals surface area (Å²) >= 11 is 2.95. The van der Waals surface area contributed by atoms with Crippen molar-refractivity contribution in [3.63, 3.8) is 0 Å². The van der Waals surface area contributed by atoms with Crippen LogP contribution in [0.4, 0.5) is 0 Å². The van der Waals surface area contributed by atoms with E-state index in [1.807, 2.05) is 55.6 Å². The number of thiophene rings is 1. The molecule has 0 spiro atoms. The molecule has 8 heteroatoms. The molecule has 0 aliphatic rings. The molecule has 1 amide bonds. The van der Waals surface area contributed by atoms with Crippen molar-refractivity contribution >= 4 is 29.0 Å². The van der Waals surface area contributed by atoms with E-state index in [0.29, 0.717) is 5.16 Å². The predicted octanol–water partition coefficient (Wildman–Crippen LogP) is 3.00. The molecule has 6 nitrogen and oxygen atoms in total. The summed E-state index contributed by atoms with van der Waals surface area (Å²) < 4.78 is 1.65. The molecule has 2 heterocycles. The zero-order valence-corrected chi connectivity index (χ0v) is 15.0. The van der Waals surface area contributed by atoms with E-state index >= 15 is 0 Å². The first kappa shape index (κ1) is 16.7. The summed E-state index contributed by atoms with van der Waals surface area (Å²) in [5.74, 6) is 0.224. The van der Waals surface area contributed by atoms with E-state index in [2.05, 4.69) is 20.8 Å². The van der Waals surface area contributed by atoms with Gasteiger partial charge in [-0.3, -0.25) is 4.79 Å². The van der Waals surface area contributed by atoms with Crippen molar-refractivity contribution in [1.29, 1.82) is 0 Å². The standard InChI is InChI=1S/C16H17N5OS2/c1-11-5-3-6-13(9-11)21-16(18-19-20-21)24-10-15(22)17-12(2)14-7-4-8-23-14/h3-9,12H,10H2,1-2H3,(H,17,22)/t12-/m1/s1. The first-order valence-corrected chi connectivity index (χ1v) is 9.31. The van der Waals surface area contributed by atoms with E-state index in [9.17, 15) is 4.79 Å². The van der Waals surface area contributed by atoms with Crippen LogP contribution in [-0.2, 0) is 4.79 Å². The van der Waals surface area contributed by atoms with Crippen LogP contribution in [0.5, 0.6) is 0 Å². The highest BCUT2D eigenvalue weighted by molar-refractivity contribution is 7.99. The van der Waals surface area contributed by atoms with Crippen LogP contribution in [0.1, 0.15) is 23.4 Å². The summed E-state index contributed by atoms with van der Waals surface area (Å²) in [5, 5.41) is 17.3. The predicted molar refractivity (Wildman–Crippen MR) is 95.5 cm³/mol. The number of hydrogen-bond acceptors (Lipinski definition) is 6. The number of carbonyl (C=O) groups is 1. The third-order valence-electron chi connectivity index (χ3n) is 3.37. The smallest absolute Gasteiger partial charge is 0.230 e.